The molecule has 1 saturated carbocycles. The highest BCUT2D eigenvalue weighted by atomic mass is 16.4. The summed E-state index contributed by atoms with van der Waals surface area (Å²) in [5.74, 6) is -1.47. The molecule has 1 amide bonds. The number of carbonyl (C=O) groups excluding carboxylic acids is 1. The summed E-state index contributed by atoms with van der Waals surface area (Å²) in [7, 11) is 0. The molecule has 8 heteroatoms. The molecule has 0 radical (unpaired) electrons. The number of aliphatic carboxylic acids is 1. The number of aryl methyl sites for hydroxylation is 1. The molecule has 1 unspecified atom stereocenters. The van der Waals surface area contributed by atoms with Crippen LogP contribution in [0.3, 0.4) is 0 Å². The predicted octanol–water partition coefficient (Wildman–Crippen LogP) is 3.81. The van der Waals surface area contributed by atoms with Crippen molar-refractivity contribution in [2.45, 2.75) is 108 Å². The lowest BCUT2D eigenvalue weighted by atomic mass is 9.89. The molecule has 3 atom stereocenters. The average Bonchev–Trinajstić information content (AvgIpc) is 3.10. The predicted molar refractivity (Wildman–Crippen MR) is 138 cm³/mol. The fourth-order valence-corrected chi connectivity index (χ4v) is 6.95. The van der Waals surface area contributed by atoms with Crippen LogP contribution in [-0.4, -0.2) is 56.1 Å². The number of hydrogen-bond donors (Lipinski definition) is 2. The van der Waals surface area contributed by atoms with Gasteiger partial charge in [-0.2, -0.15) is 0 Å². The molecule has 3 heterocycles. The van der Waals surface area contributed by atoms with Gasteiger partial charge in [-0.15, -0.1) is 0 Å². The van der Waals surface area contributed by atoms with E-state index in [1.165, 1.54) is 57.8 Å². The maximum absolute atomic E-state index is 13.7. The average molecular weight is 495 g/mol. The van der Waals surface area contributed by atoms with Crippen LogP contribution >= 0.6 is 0 Å². The van der Waals surface area contributed by atoms with Crippen molar-refractivity contribution >= 4 is 22.9 Å². The van der Waals surface area contributed by atoms with E-state index in [4.69, 9.17) is 5.11 Å². The van der Waals surface area contributed by atoms with Crippen molar-refractivity contribution < 1.29 is 14.7 Å². The van der Waals surface area contributed by atoms with Gasteiger partial charge in [-0.25, -0.2) is 4.98 Å². The van der Waals surface area contributed by atoms with E-state index in [-0.39, 0.29) is 30.3 Å². The van der Waals surface area contributed by atoms with Gasteiger partial charge in [0.05, 0.1) is 11.0 Å². The van der Waals surface area contributed by atoms with Gasteiger partial charge in [-0.1, -0.05) is 44.2 Å². The van der Waals surface area contributed by atoms with E-state index in [1.807, 2.05) is 28.8 Å². The number of hydrogen-bond acceptors (Lipinski definition) is 5. The third-order valence-corrected chi connectivity index (χ3v) is 8.51. The second-order valence-electron chi connectivity index (χ2n) is 10.8. The van der Waals surface area contributed by atoms with Gasteiger partial charge in [0.15, 0.2) is 0 Å². The Hall–Kier alpha value is -2.74. The minimum Gasteiger partial charge on any atom is -0.480 e. The second-order valence-corrected chi connectivity index (χ2v) is 10.8. The number of carboxylic acids is 1. The molecule has 3 fully saturated rings. The van der Waals surface area contributed by atoms with E-state index < -0.39 is 12.5 Å². The molecule has 3 aliphatic rings. The van der Waals surface area contributed by atoms with Crippen LogP contribution in [0.1, 0.15) is 88.8 Å². The van der Waals surface area contributed by atoms with Crippen LogP contribution in [0, 0.1) is 0 Å². The lowest BCUT2D eigenvalue weighted by molar-refractivity contribution is -0.137. The third-order valence-electron chi connectivity index (χ3n) is 8.51. The largest absolute Gasteiger partial charge is 0.480 e. The van der Waals surface area contributed by atoms with Gasteiger partial charge in [0.2, 0.25) is 5.91 Å². The summed E-state index contributed by atoms with van der Waals surface area (Å²) in [6, 6.07) is 9.67. The van der Waals surface area contributed by atoms with Crippen molar-refractivity contribution in [2.75, 3.05) is 6.54 Å². The number of rotatable bonds is 7. The Labute approximate surface area is 212 Å². The maximum atomic E-state index is 13.7. The Morgan fingerprint density at radius 1 is 0.917 bits per heavy atom. The maximum Gasteiger partial charge on any atom is 0.322 e. The van der Waals surface area contributed by atoms with Crippen LogP contribution in [0.2, 0.25) is 0 Å². The van der Waals surface area contributed by atoms with Gasteiger partial charge in [0, 0.05) is 37.0 Å². The van der Waals surface area contributed by atoms with E-state index in [1.54, 1.807) is 0 Å². The number of piperidine rings is 1. The number of amides is 1. The minimum absolute atomic E-state index is 0.0409. The van der Waals surface area contributed by atoms with Crippen molar-refractivity contribution in [1.82, 2.24) is 19.8 Å². The van der Waals surface area contributed by atoms with Crippen molar-refractivity contribution in [3.05, 3.63) is 40.3 Å². The summed E-state index contributed by atoms with van der Waals surface area (Å²) in [6.07, 6.45) is 14.0. The van der Waals surface area contributed by atoms with E-state index in [2.05, 4.69) is 15.2 Å². The van der Waals surface area contributed by atoms with E-state index in [9.17, 15) is 14.4 Å². The second kappa shape index (κ2) is 11.1. The lowest BCUT2D eigenvalue weighted by Crippen LogP contribution is -2.50. The Kier molecular flexibility index (Phi) is 7.70. The van der Waals surface area contributed by atoms with Crippen molar-refractivity contribution in [3.8, 4) is 0 Å². The van der Waals surface area contributed by atoms with Crippen molar-refractivity contribution in [1.29, 1.82) is 0 Å². The molecule has 8 nitrogen and oxygen atoms in total. The molecule has 0 spiro atoms. The summed E-state index contributed by atoms with van der Waals surface area (Å²) in [4.78, 5) is 44.0. The van der Waals surface area contributed by atoms with Gasteiger partial charge in [-0.3, -0.25) is 19.3 Å². The molecule has 1 aromatic carbocycles. The van der Waals surface area contributed by atoms with Crippen molar-refractivity contribution in [3.63, 3.8) is 0 Å². The van der Waals surface area contributed by atoms with Crippen LogP contribution in [0.5, 0.6) is 0 Å². The summed E-state index contributed by atoms with van der Waals surface area (Å²) in [5, 5.41) is 11.2. The highest BCUT2D eigenvalue weighted by Gasteiger charge is 2.44. The minimum atomic E-state index is -1.09. The zero-order chi connectivity index (χ0) is 25.1. The van der Waals surface area contributed by atoms with E-state index in [0.29, 0.717) is 23.8 Å². The first-order valence-corrected chi connectivity index (χ1v) is 13.8. The molecule has 5 rings (SSSR count). The standard InChI is InChI=1S/C28H38N4O4/c33-26(29-18-27(34)35)15-14-24-28(36)32(25-11-7-6-10-23(25)30-24)22-16-20-12-13-21(17-22)31(20)19-8-4-2-1-3-5-9-19/h6-7,10-11,19-22H,1-5,8-9,12-18H2,(H,29,33)(H,34,35)/t20-,21+,22?. The van der Waals surface area contributed by atoms with Gasteiger partial charge < -0.3 is 15.0 Å². The molecular formula is C28H38N4O4. The summed E-state index contributed by atoms with van der Waals surface area (Å²) in [6.45, 7) is -0.420. The first-order chi connectivity index (χ1) is 17.5. The van der Waals surface area contributed by atoms with E-state index in [0.717, 1.165) is 23.9 Å². The van der Waals surface area contributed by atoms with Gasteiger partial charge in [0.25, 0.3) is 5.56 Å². The van der Waals surface area contributed by atoms with Crippen LogP contribution in [0.15, 0.2) is 29.1 Å². The van der Waals surface area contributed by atoms with Crippen LogP contribution in [-0.2, 0) is 16.0 Å². The normalized spacial score (nSPS) is 25.4. The van der Waals surface area contributed by atoms with E-state index >= 15 is 0 Å². The topological polar surface area (TPSA) is 105 Å². The smallest absolute Gasteiger partial charge is 0.322 e. The highest BCUT2D eigenvalue weighted by molar-refractivity contribution is 5.81. The number of nitrogens with one attached hydrogen (secondary N) is 1. The zero-order valence-electron chi connectivity index (χ0n) is 21.0. The number of aromatic nitrogens is 2. The zero-order valence-corrected chi connectivity index (χ0v) is 21.0. The molecule has 2 bridgehead atoms. The summed E-state index contributed by atoms with van der Waals surface area (Å²) >= 11 is 0. The molecule has 2 aromatic rings. The monoisotopic (exact) mass is 494 g/mol. The fourth-order valence-electron chi connectivity index (χ4n) is 6.95. The Bertz CT molecular complexity index is 1140. The number of nitrogens with zero attached hydrogens (tertiary/aromatic N) is 3. The number of carbonyl (C=O) groups is 2. The summed E-state index contributed by atoms with van der Waals surface area (Å²) < 4.78 is 1.97. The van der Waals surface area contributed by atoms with Gasteiger partial charge in [-0.05, 0) is 50.7 Å². The molecule has 1 aromatic heterocycles. The number of carboxylic acid groups (broad SMARTS) is 1. The molecule has 2 N–H and O–H groups in total. The molecule has 2 aliphatic heterocycles. The fraction of sp³-hybridized carbons (Fsp3) is 0.643. The Morgan fingerprint density at radius 3 is 2.28 bits per heavy atom. The molecule has 194 valence electrons. The number of fused-ring (bicyclic) bond motifs is 3. The third kappa shape index (κ3) is 5.33. The first-order valence-electron chi connectivity index (χ1n) is 13.8. The van der Waals surface area contributed by atoms with Crippen LogP contribution in [0.25, 0.3) is 11.0 Å². The molecule has 2 saturated heterocycles. The summed E-state index contributed by atoms with van der Waals surface area (Å²) in [5.41, 5.74) is 1.91. The van der Waals surface area contributed by atoms with Gasteiger partial charge in [0.1, 0.15) is 12.2 Å². The highest BCUT2D eigenvalue weighted by Crippen LogP contribution is 2.44. The molecule has 36 heavy (non-hydrogen) atoms. The van der Waals surface area contributed by atoms with Gasteiger partial charge >= 0.3 is 5.97 Å². The number of para-hydroxylation sites is 2. The Balaban J connectivity index is 1.38. The molecular weight excluding hydrogens is 456 g/mol. The lowest BCUT2D eigenvalue weighted by Gasteiger charge is -2.45. The Morgan fingerprint density at radius 2 is 1.58 bits per heavy atom. The van der Waals surface area contributed by atoms with Crippen LogP contribution < -0.4 is 10.9 Å². The molecule has 1 aliphatic carbocycles. The van der Waals surface area contributed by atoms with Crippen LogP contribution in [0.4, 0.5) is 0 Å². The quantitative estimate of drug-likeness (QED) is 0.607. The number of benzene rings is 1. The first kappa shape index (κ1) is 24.9. The SMILES string of the molecule is O=C(O)CNC(=O)CCc1nc2ccccc2n(C2C[C@H]3CC[C@@H](C2)N3C2CCCCCCC2)c1=O. The van der Waals surface area contributed by atoms with Crippen molar-refractivity contribution in [2.24, 2.45) is 0 Å².